The summed E-state index contributed by atoms with van der Waals surface area (Å²) in [6.07, 6.45) is 5.93. The van der Waals surface area contributed by atoms with E-state index in [1.807, 2.05) is 76.3 Å². The molecule has 0 saturated carbocycles. The first kappa shape index (κ1) is 23.2. The summed E-state index contributed by atoms with van der Waals surface area (Å²) in [7, 11) is -3.45. The van der Waals surface area contributed by atoms with Gasteiger partial charge >= 0.3 is 5.51 Å². The third kappa shape index (κ3) is 6.40. The molecule has 2 rings (SSSR count). The minimum absolute atomic E-state index is 0.235. The second kappa shape index (κ2) is 11.1. The molecule has 0 aliphatic heterocycles. The van der Waals surface area contributed by atoms with Crippen molar-refractivity contribution in [1.82, 2.24) is 0 Å². The molecule has 0 heterocycles. The van der Waals surface area contributed by atoms with Gasteiger partial charge in [-0.3, -0.25) is 0 Å². The molecule has 2 aromatic carbocycles. The molecule has 0 N–H and O–H groups in total. The molecule has 0 saturated heterocycles. The van der Waals surface area contributed by atoms with Crippen LogP contribution in [0.2, 0.25) is 0 Å². The zero-order chi connectivity index (χ0) is 20.4. The smallest absolute Gasteiger partial charge is 0.245 e. The van der Waals surface area contributed by atoms with Crippen LogP contribution in [0.3, 0.4) is 0 Å². The van der Waals surface area contributed by atoms with Gasteiger partial charge in [-0.15, -0.1) is 0 Å². The molecule has 146 valence electrons. The largest absolute Gasteiger partial charge is 0.475 e. The van der Waals surface area contributed by atoms with E-state index in [4.69, 9.17) is 0 Å². The molecular weight excluding hydrogens is 389 g/mol. The first-order chi connectivity index (χ1) is 12.9. The maximum Gasteiger partial charge on any atom is 0.475 e. The summed E-state index contributed by atoms with van der Waals surface area (Å²) in [5.41, 5.74) is -4.75. The van der Waals surface area contributed by atoms with Crippen LogP contribution in [0.15, 0.2) is 92.4 Å². The average Bonchev–Trinajstić information content (AvgIpc) is 2.69. The van der Waals surface area contributed by atoms with Crippen LogP contribution in [0.5, 0.6) is 0 Å². The molecule has 0 fully saturated rings. The summed E-state index contributed by atoms with van der Waals surface area (Å²) >= 11 is 0. The van der Waals surface area contributed by atoms with Crippen LogP contribution in [0.4, 0.5) is 13.2 Å². The van der Waals surface area contributed by atoms with E-state index in [9.17, 15) is 17.4 Å². The fourth-order valence-corrected chi connectivity index (χ4v) is 5.06. The molecule has 27 heavy (non-hydrogen) atoms. The molecule has 1 nitrogen and oxygen atoms in total. The molecule has 0 spiro atoms. The van der Waals surface area contributed by atoms with Crippen molar-refractivity contribution >= 4 is 21.7 Å². The Balaban J connectivity index is 0.00000176. The third-order valence-electron chi connectivity index (χ3n) is 3.31. The Bertz CT molecular complexity index is 779. The summed E-state index contributed by atoms with van der Waals surface area (Å²) in [5.74, 6) is 0. The Labute approximate surface area is 164 Å². The number of halogens is 3. The molecule has 0 aliphatic rings. The molecule has 0 aromatic heterocycles. The Kier molecular flexibility index (Phi) is 9.60. The number of benzene rings is 2. The quantitative estimate of drug-likeness (QED) is 0.387. The minimum Gasteiger partial charge on any atom is -0.245 e. The van der Waals surface area contributed by atoms with Crippen molar-refractivity contribution in [3.63, 3.8) is 0 Å². The first-order valence-electron chi connectivity index (χ1n) is 8.55. The number of alkyl halides is 3. The number of allylic oxidation sites excluding steroid dienone is 3. The summed E-state index contributed by atoms with van der Waals surface area (Å²) in [4.78, 5) is 2.78. The van der Waals surface area contributed by atoms with E-state index in [0.29, 0.717) is 0 Å². The predicted molar refractivity (Wildman–Crippen MR) is 109 cm³/mol. The average molecular weight is 414 g/mol. The summed E-state index contributed by atoms with van der Waals surface area (Å²) in [6.45, 7) is 7.86. The Morgan fingerprint density at radius 2 is 1.44 bits per heavy atom. The number of hydrogen-bond donors (Lipinski definition) is 0. The van der Waals surface area contributed by atoms with E-state index in [1.165, 1.54) is 12.1 Å². The molecule has 2 atom stereocenters. The van der Waals surface area contributed by atoms with Crippen LogP contribution in [0.1, 0.15) is 27.7 Å². The maximum absolute atomic E-state index is 12.6. The lowest BCUT2D eigenvalue weighted by Gasteiger charge is -2.10. The van der Waals surface area contributed by atoms with Crippen molar-refractivity contribution in [2.75, 3.05) is 0 Å². The van der Waals surface area contributed by atoms with Gasteiger partial charge in [0, 0.05) is 4.90 Å². The zero-order valence-corrected chi connectivity index (χ0v) is 17.4. The fourth-order valence-electron chi connectivity index (χ4n) is 2.24. The van der Waals surface area contributed by atoms with Crippen LogP contribution < -0.4 is 0 Å². The third-order valence-corrected chi connectivity index (χ3v) is 6.76. The van der Waals surface area contributed by atoms with Gasteiger partial charge in [0.2, 0.25) is 0 Å². The van der Waals surface area contributed by atoms with Gasteiger partial charge in [0.15, 0.2) is 25.5 Å². The van der Waals surface area contributed by atoms with Gasteiger partial charge in [0.25, 0.3) is 0 Å². The highest BCUT2D eigenvalue weighted by Crippen LogP contribution is 2.33. The lowest BCUT2D eigenvalue weighted by molar-refractivity contribution is -0.0384. The van der Waals surface area contributed by atoms with Crippen molar-refractivity contribution in [3.8, 4) is 0 Å². The molecule has 2 unspecified atom stereocenters. The standard InChI is InChI=1S/C19H18F3OS2.C2H6/c1-3-8-15(4-2)24(16-9-6-5-7-10-16)17-11-13-18(14-12-17)25(23)19(20,21)22;1-2/h3-14H,1-2H3;1-2H3/q+1;/b8-3-,15-4+;. The van der Waals surface area contributed by atoms with E-state index in [1.54, 1.807) is 12.1 Å². The highest BCUT2D eigenvalue weighted by molar-refractivity contribution is 8.00. The molecule has 0 aliphatic carbocycles. The van der Waals surface area contributed by atoms with E-state index in [-0.39, 0.29) is 4.90 Å². The SMILES string of the molecule is C/C=C\C(=C/C)[S+](c1ccccc1)c1ccc(S(=O)C(F)(F)F)cc1.CC. The van der Waals surface area contributed by atoms with Gasteiger partial charge in [-0.2, -0.15) is 13.2 Å². The highest BCUT2D eigenvalue weighted by atomic mass is 32.2. The molecule has 2 aromatic rings. The maximum atomic E-state index is 12.6. The van der Waals surface area contributed by atoms with E-state index in [0.717, 1.165) is 14.7 Å². The van der Waals surface area contributed by atoms with Crippen molar-refractivity contribution in [2.45, 2.75) is 47.9 Å². The van der Waals surface area contributed by atoms with Gasteiger partial charge in [-0.25, -0.2) is 4.21 Å². The van der Waals surface area contributed by atoms with Crippen molar-refractivity contribution in [3.05, 3.63) is 77.7 Å². The van der Waals surface area contributed by atoms with Crippen molar-refractivity contribution < 1.29 is 17.4 Å². The normalized spacial score (nSPS) is 14.4. The van der Waals surface area contributed by atoms with E-state index in [2.05, 4.69) is 0 Å². The first-order valence-corrected chi connectivity index (χ1v) is 10.9. The summed E-state index contributed by atoms with van der Waals surface area (Å²) in [5, 5.41) is 0. The van der Waals surface area contributed by atoms with E-state index < -0.39 is 27.2 Å². The van der Waals surface area contributed by atoms with Crippen LogP contribution in [0, 0.1) is 0 Å². The van der Waals surface area contributed by atoms with Crippen LogP contribution >= 0.6 is 0 Å². The summed E-state index contributed by atoms with van der Waals surface area (Å²) < 4.78 is 49.4. The molecule has 0 radical (unpaired) electrons. The van der Waals surface area contributed by atoms with Crippen molar-refractivity contribution in [1.29, 1.82) is 0 Å². The van der Waals surface area contributed by atoms with Gasteiger partial charge in [-0.05, 0) is 62.4 Å². The second-order valence-corrected chi connectivity index (χ2v) is 8.49. The molecule has 0 amide bonds. The molecular formula is C21H24F3OS2+. The van der Waals surface area contributed by atoms with Gasteiger partial charge < -0.3 is 0 Å². The van der Waals surface area contributed by atoms with Crippen LogP contribution in [-0.2, 0) is 21.7 Å². The molecule has 6 heteroatoms. The fraction of sp³-hybridized carbons (Fsp3) is 0.238. The zero-order valence-electron chi connectivity index (χ0n) is 15.8. The Hall–Kier alpha value is -1.79. The lowest BCUT2D eigenvalue weighted by Crippen LogP contribution is -2.16. The van der Waals surface area contributed by atoms with Crippen molar-refractivity contribution in [2.24, 2.45) is 0 Å². The van der Waals surface area contributed by atoms with Gasteiger partial charge in [0.1, 0.15) is 0 Å². The minimum atomic E-state index is -4.75. The second-order valence-electron chi connectivity index (χ2n) is 5.00. The Morgan fingerprint density at radius 3 is 1.89 bits per heavy atom. The van der Waals surface area contributed by atoms with Crippen LogP contribution in [0.25, 0.3) is 0 Å². The predicted octanol–water partition coefficient (Wildman–Crippen LogP) is 6.86. The topological polar surface area (TPSA) is 17.1 Å². The lowest BCUT2D eigenvalue weighted by atomic mass is 10.4. The Morgan fingerprint density at radius 1 is 0.926 bits per heavy atom. The monoisotopic (exact) mass is 413 g/mol. The molecule has 0 bridgehead atoms. The van der Waals surface area contributed by atoms with Gasteiger partial charge in [-0.1, -0.05) is 38.1 Å². The summed E-state index contributed by atoms with van der Waals surface area (Å²) in [6, 6.07) is 15.6. The highest BCUT2D eigenvalue weighted by Gasteiger charge is 2.38. The number of hydrogen-bond acceptors (Lipinski definition) is 1. The van der Waals surface area contributed by atoms with Crippen LogP contribution in [-0.4, -0.2) is 9.72 Å². The number of rotatable bonds is 5. The van der Waals surface area contributed by atoms with Gasteiger partial charge in [0.05, 0.1) is 10.9 Å². The van der Waals surface area contributed by atoms with E-state index >= 15 is 0 Å².